The minimum absolute atomic E-state index is 0.416. The lowest BCUT2D eigenvalue weighted by Crippen LogP contribution is -2.09. The monoisotopic (exact) mass is 460 g/mol. The summed E-state index contributed by atoms with van der Waals surface area (Å²) in [6.45, 7) is 8.16. The summed E-state index contributed by atoms with van der Waals surface area (Å²) >= 11 is 0. The van der Waals surface area contributed by atoms with Crippen LogP contribution in [-0.4, -0.2) is 0 Å². The van der Waals surface area contributed by atoms with Crippen molar-refractivity contribution in [1.82, 2.24) is 0 Å². The van der Waals surface area contributed by atoms with E-state index in [2.05, 4.69) is 13.8 Å². The number of hydrogen-bond acceptors (Lipinski definition) is 4. The Morgan fingerprint density at radius 2 is 1.30 bits per heavy atom. The number of para-hydroxylation sites is 1. The summed E-state index contributed by atoms with van der Waals surface area (Å²) < 4.78 is 31.8. The molecule has 0 amide bonds. The first-order valence-electron chi connectivity index (χ1n) is 11.1. The van der Waals surface area contributed by atoms with Crippen LogP contribution in [0.3, 0.4) is 0 Å². The highest BCUT2D eigenvalue weighted by Gasteiger charge is 2.34. The molecule has 0 aromatic heterocycles. The van der Waals surface area contributed by atoms with Gasteiger partial charge in [-0.05, 0) is 77.9 Å². The van der Waals surface area contributed by atoms with E-state index in [4.69, 9.17) is 13.6 Å². The summed E-state index contributed by atoms with van der Waals surface area (Å²) in [5.74, 6) is 1.89. The van der Waals surface area contributed by atoms with E-state index in [0.29, 0.717) is 23.2 Å². The lowest BCUT2D eigenvalue weighted by atomic mass is 10.0. The molecule has 0 spiro atoms. The molecule has 4 rings (SSSR count). The van der Waals surface area contributed by atoms with Crippen molar-refractivity contribution in [3.63, 3.8) is 0 Å². The maximum atomic E-state index is 14.0. The van der Waals surface area contributed by atoms with Gasteiger partial charge in [0.25, 0.3) is 0 Å². The van der Waals surface area contributed by atoms with E-state index in [9.17, 15) is 4.57 Å². The zero-order chi connectivity index (χ0) is 23.4. The first-order valence-corrected chi connectivity index (χ1v) is 12.6. The van der Waals surface area contributed by atoms with Crippen LogP contribution in [0.15, 0.2) is 84.9 Å². The number of rotatable bonds is 8. The summed E-state index contributed by atoms with van der Waals surface area (Å²) in [5, 5.41) is 2.05. The van der Waals surface area contributed by atoms with Gasteiger partial charge in [-0.15, -0.1) is 0 Å². The number of fused-ring (bicyclic) bond motifs is 1. The number of benzene rings is 4. The molecule has 0 aliphatic rings. The number of hydrogen-bond donors (Lipinski definition) is 0. The van der Waals surface area contributed by atoms with Crippen molar-refractivity contribution in [2.24, 2.45) is 5.92 Å². The number of phosphoric ester groups is 1. The van der Waals surface area contributed by atoms with Crippen LogP contribution in [0.1, 0.15) is 30.5 Å². The summed E-state index contributed by atoms with van der Waals surface area (Å²) in [4.78, 5) is 0. The van der Waals surface area contributed by atoms with E-state index in [1.807, 2.05) is 92.7 Å². The fourth-order valence-electron chi connectivity index (χ4n) is 3.75. The van der Waals surface area contributed by atoms with Gasteiger partial charge in [0.2, 0.25) is 0 Å². The lowest BCUT2D eigenvalue weighted by Gasteiger charge is -2.21. The Balaban J connectivity index is 1.67. The summed E-state index contributed by atoms with van der Waals surface area (Å²) in [6, 6.07) is 26.8. The molecule has 0 aliphatic heterocycles. The molecule has 33 heavy (non-hydrogen) atoms. The standard InChI is InChI=1S/C28H29O4P/c1-20(2)18-23-12-15-26(16-13-23)30-33(29,32-28-21(3)8-7-9-22(28)4)31-27-17-14-24-10-5-6-11-25(24)19-27/h5-17,19-20H,18H2,1-4H3. The molecule has 1 unspecified atom stereocenters. The second kappa shape index (κ2) is 9.72. The fraction of sp³-hybridized carbons (Fsp3) is 0.214. The highest BCUT2D eigenvalue weighted by molar-refractivity contribution is 7.49. The van der Waals surface area contributed by atoms with Crippen LogP contribution in [0.5, 0.6) is 17.2 Å². The molecule has 5 heteroatoms. The van der Waals surface area contributed by atoms with E-state index in [-0.39, 0.29) is 0 Å². The third-order valence-electron chi connectivity index (χ3n) is 5.33. The Hall–Kier alpha value is -3.23. The van der Waals surface area contributed by atoms with E-state index in [0.717, 1.165) is 28.3 Å². The van der Waals surface area contributed by atoms with E-state index in [1.165, 1.54) is 5.56 Å². The zero-order valence-electron chi connectivity index (χ0n) is 19.4. The average molecular weight is 461 g/mol. The van der Waals surface area contributed by atoms with Crippen LogP contribution in [0, 0.1) is 19.8 Å². The molecule has 0 bridgehead atoms. The molecule has 0 saturated heterocycles. The van der Waals surface area contributed by atoms with Crippen molar-refractivity contribution >= 4 is 18.6 Å². The fourth-order valence-corrected chi connectivity index (χ4v) is 5.13. The molecule has 4 nitrogen and oxygen atoms in total. The van der Waals surface area contributed by atoms with Crippen molar-refractivity contribution < 1.29 is 18.1 Å². The topological polar surface area (TPSA) is 44.8 Å². The number of phosphoric acid groups is 1. The van der Waals surface area contributed by atoms with Crippen LogP contribution in [0.4, 0.5) is 0 Å². The number of aryl methyl sites for hydroxylation is 2. The third kappa shape index (κ3) is 5.77. The van der Waals surface area contributed by atoms with Crippen LogP contribution in [0.2, 0.25) is 0 Å². The molecule has 4 aromatic carbocycles. The predicted molar refractivity (Wildman–Crippen MR) is 134 cm³/mol. The normalized spacial score (nSPS) is 13.0. The van der Waals surface area contributed by atoms with Crippen molar-refractivity contribution in [2.75, 3.05) is 0 Å². The van der Waals surface area contributed by atoms with Gasteiger partial charge in [0, 0.05) is 0 Å². The van der Waals surface area contributed by atoms with Gasteiger partial charge in [-0.2, -0.15) is 4.57 Å². The Labute approximate surface area is 195 Å². The highest BCUT2D eigenvalue weighted by atomic mass is 31.2. The average Bonchev–Trinajstić information content (AvgIpc) is 2.77. The zero-order valence-corrected chi connectivity index (χ0v) is 20.3. The Morgan fingerprint density at radius 1 is 0.697 bits per heavy atom. The minimum Gasteiger partial charge on any atom is -0.386 e. The van der Waals surface area contributed by atoms with Crippen LogP contribution >= 0.6 is 7.82 Å². The lowest BCUT2D eigenvalue weighted by molar-refractivity contribution is 0.297. The second-order valence-corrected chi connectivity index (χ2v) is 10.1. The summed E-state index contributed by atoms with van der Waals surface area (Å²) in [5.41, 5.74) is 2.90. The first kappa shape index (κ1) is 22.9. The van der Waals surface area contributed by atoms with Crippen molar-refractivity contribution in [1.29, 1.82) is 0 Å². The van der Waals surface area contributed by atoms with Gasteiger partial charge in [-0.1, -0.05) is 74.5 Å². The molecule has 0 saturated carbocycles. The Kier molecular flexibility index (Phi) is 6.76. The highest BCUT2D eigenvalue weighted by Crippen LogP contribution is 2.51. The predicted octanol–water partition coefficient (Wildman–Crippen LogP) is 8.30. The third-order valence-corrected chi connectivity index (χ3v) is 6.61. The Bertz CT molecular complexity index is 1270. The van der Waals surface area contributed by atoms with Crippen LogP contribution in [-0.2, 0) is 11.0 Å². The molecular weight excluding hydrogens is 431 g/mol. The van der Waals surface area contributed by atoms with Crippen molar-refractivity contribution in [3.8, 4) is 17.2 Å². The van der Waals surface area contributed by atoms with E-state index < -0.39 is 7.82 Å². The molecular formula is C28H29O4P. The van der Waals surface area contributed by atoms with Gasteiger partial charge >= 0.3 is 7.82 Å². The van der Waals surface area contributed by atoms with E-state index >= 15 is 0 Å². The molecule has 0 N–H and O–H groups in total. The molecule has 4 aromatic rings. The van der Waals surface area contributed by atoms with Gasteiger partial charge in [-0.25, -0.2) is 0 Å². The van der Waals surface area contributed by atoms with Gasteiger partial charge in [0.1, 0.15) is 17.2 Å². The molecule has 0 fully saturated rings. The summed E-state index contributed by atoms with van der Waals surface area (Å²) in [7, 11) is -4.06. The van der Waals surface area contributed by atoms with Gasteiger partial charge < -0.3 is 13.6 Å². The molecule has 170 valence electrons. The molecule has 0 heterocycles. The second-order valence-electron chi connectivity index (χ2n) is 8.69. The minimum atomic E-state index is -4.06. The SMILES string of the molecule is Cc1cccc(C)c1OP(=O)(Oc1ccc(CC(C)C)cc1)Oc1ccc2ccccc2c1. The van der Waals surface area contributed by atoms with Gasteiger partial charge in [-0.3, -0.25) is 0 Å². The van der Waals surface area contributed by atoms with Crippen LogP contribution < -0.4 is 13.6 Å². The van der Waals surface area contributed by atoms with Crippen molar-refractivity contribution in [2.45, 2.75) is 34.1 Å². The van der Waals surface area contributed by atoms with Gasteiger partial charge in [0.05, 0.1) is 0 Å². The molecule has 1 atom stereocenters. The van der Waals surface area contributed by atoms with Crippen LogP contribution in [0.25, 0.3) is 10.8 Å². The molecule has 0 aliphatic carbocycles. The maximum absolute atomic E-state index is 14.0. The summed E-state index contributed by atoms with van der Waals surface area (Å²) in [6.07, 6.45) is 0.963. The molecule has 0 radical (unpaired) electrons. The van der Waals surface area contributed by atoms with E-state index in [1.54, 1.807) is 6.07 Å². The largest absolute Gasteiger partial charge is 0.647 e. The first-order chi connectivity index (χ1) is 15.8. The smallest absolute Gasteiger partial charge is 0.386 e. The Morgan fingerprint density at radius 3 is 1.97 bits per heavy atom. The maximum Gasteiger partial charge on any atom is 0.647 e. The van der Waals surface area contributed by atoms with Gasteiger partial charge in [0.15, 0.2) is 0 Å². The quantitative estimate of drug-likeness (QED) is 0.248. The van der Waals surface area contributed by atoms with Crippen molar-refractivity contribution in [3.05, 3.63) is 102 Å².